The predicted octanol–water partition coefficient (Wildman–Crippen LogP) is 4.61. The van der Waals surface area contributed by atoms with E-state index in [-0.39, 0.29) is 0 Å². The van der Waals surface area contributed by atoms with Crippen LogP contribution in [0.15, 0.2) is 52.9 Å². The van der Waals surface area contributed by atoms with Gasteiger partial charge in [0.25, 0.3) is 0 Å². The maximum Gasteiger partial charge on any atom is 0.232 e. The lowest BCUT2D eigenvalue weighted by molar-refractivity contribution is 0.122. The molecule has 4 aromatic heterocycles. The SMILES string of the molecule is c1ccc(-c2cc(Nc3nc(N4CCOCC4)c4oc5nc(OCCCN6CCCC6)ccc5c4n3)n[nH]2)cc1. The Labute approximate surface area is 231 Å². The van der Waals surface area contributed by atoms with Gasteiger partial charge in [-0.3, -0.25) is 5.10 Å². The molecular formula is C29H32N8O3. The van der Waals surface area contributed by atoms with Gasteiger partial charge < -0.3 is 29.0 Å². The molecule has 0 amide bonds. The van der Waals surface area contributed by atoms with Crippen molar-refractivity contribution in [3.8, 4) is 17.1 Å². The summed E-state index contributed by atoms with van der Waals surface area (Å²) in [6, 6.07) is 15.8. The first-order chi connectivity index (χ1) is 19.8. The molecule has 2 aliphatic heterocycles. The van der Waals surface area contributed by atoms with Crippen LogP contribution in [0.1, 0.15) is 19.3 Å². The van der Waals surface area contributed by atoms with Gasteiger partial charge in [-0.25, -0.2) is 4.98 Å². The second-order valence-corrected chi connectivity index (χ2v) is 10.2. The van der Waals surface area contributed by atoms with Gasteiger partial charge in [-0.1, -0.05) is 30.3 Å². The van der Waals surface area contributed by atoms with Crippen molar-refractivity contribution in [3.05, 3.63) is 48.5 Å². The molecule has 6 heterocycles. The van der Waals surface area contributed by atoms with Crippen LogP contribution in [0.4, 0.5) is 17.6 Å². The number of furan rings is 1. The Morgan fingerprint density at radius 2 is 1.80 bits per heavy atom. The zero-order valence-corrected chi connectivity index (χ0v) is 22.3. The van der Waals surface area contributed by atoms with Gasteiger partial charge in [-0.05, 0) is 44.0 Å². The summed E-state index contributed by atoms with van der Waals surface area (Å²) in [5.74, 6) is 2.32. The molecule has 2 fully saturated rings. The molecule has 2 aliphatic rings. The number of aromatic nitrogens is 5. The molecule has 0 saturated carbocycles. The number of fused-ring (bicyclic) bond motifs is 3. The van der Waals surface area contributed by atoms with Crippen molar-refractivity contribution in [2.24, 2.45) is 0 Å². The van der Waals surface area contributed by atoms with Crippen molar-refractivity contribution < 1.29 is 13.9 Å². The van der Waals surface area contributed by atoms with E-state index in [2.05, 4.69) is 30.3 Å². The average molecular weight is 541 g/mol. The fourth-order valence-electron chi connectivity index (χ4n) is 5.36. The minimum absolute atomic E-state index is 0.435. The Morgan fingerprint density at radius 3 is 2.65 bits per heavy atom. The standard InChI is InChI=1S/C29H32N8O3/c1-2-7-20(8-3-1)22-19-23(35-34-22)30-29-32-25-21-9-10-24(39-16-6-13-36-11-4-5-12-36)31-28(21)40-26(25)27(33-29)37-14-17-38-18-15-37/h1-3,7-10,19H,4-6,11-18H2,(H2,30,32,33,34,35). The maximum atomic E-state index is 6.28. The molecule has 1 aromatic carbocycles. The third-order valence-electron chi connectivity index (χ3n) is 7.42. The van der Waals surface area contributed by atoms with Crippen LogP contribution >= 0.6 is 0 Å². The fraction of sp³-hybridized carbons (Fsp3) is 0.379. The highest BCUT2D eigenvalue weighted by Gasteiger charge is 2.23. The lowest BCUT2D eigenvalue weighted by Crippen LogP contribution is -2.37. The zero-order chi connectivity index (χ0) is 26.7. The number of hydrogen-bond acceptors (Lipinski definition) is 10. The molecule has 206 valence electrons. The molecule has 11 nitrogen and oxygen atoms in total. The number of benzene rings is 1. The Bertz CT molecular complexity index is 1590. The van der Waals surface area contributed by atoms with E-state index in [1.165, 1.54) is 25.9 Å². The monoisotopic (exact) mass is 540 g/mol. The van der Waals surface area contributed by atoms with Crippen LogP contribution < -0.4 is 15.0 Å². The largest absolute Gasteiger partial charge is 0.478 e. The summed E-state index contributed by atoms with van der Waals surface area (Å²) in [7, 11) is 0. The van der Waals surface area contributed by atoms with Crippen molar-refractivity contribution in [2.75, 3.05) is 62.8 Å². The molecule has 0 radical (unpaired) electrons. The van der Waals surface area contributed by atoms with E-state index in [1.54, 1.807) is 0 Å². The van der Waals surface area contributed by atoms with Crippen LogP contribution in [0.25, 0.3) is 33.5 Å². The third kappa shape index (κ3) is 5.17. The maximum absolute atomic E-state index is 6.28. The van der Waals surface area contributed by atoms with Gasteiger partial charge in [-0.2, -0.15) is 15.1 Å². The molecule has 5 aromatic rings. The number of H-pyrrole nitrogens is 1. The van der Waals surface area contributed by atoms with Gasteiger partial charge in [0.1, 0.15) is 5.52 Å². The molecule has 40 heavy (non-hydrogen) atoms. The van der Waals surface area contributed by atoms with Crippen molar-refractivity contribution in [2.45, 2.75) is 19.3 Å². The number of hydrogen-bond donors (Lipinski definition) is 2. The summed E-state index contributed by atoms with van der Waals surface area (Å²) >= 11 is 0. The van der Waals surface area contributed by atoms with Gasteiger partial charge in [0, 0.05) is 31.8 Å². The van der Waals surface area contributed by atoms with Crippen molar-refractivity contribution >= 4 is 39.8 Å². The van der Waals surface area contributed by atoms with Crippen molar-refractivity contribution in [3.63, 3.8) is 0 Å². The molecule has 2 N–H and O–H groups in total. The second kappa shape index (κ2) is 11.1. The highest BCUT2D eigenvalue weighted by Crippen LogP contribution is 2.35. The van der Waals surface area contributed by atoms with E-state index < -0.39 is 0 Å². The van der Waals surface area contributed by atoms with Gasteiger partial charge in [0.15, 0.2) is 17.2 Å². The van der Waals surface area contributed by atoms with Crippen molar-refractivity contribution in [1.29, 1.82) is 0 Å². The number of aromatic amines is 1. The summed E-state index contributed by atoms with van der Waals surface area (Å²) in [5.41, 5.74) is 3.74. The van der Waals surface area contributed by atoms with E-state index in [1.807, 2.05) is 48.5 Å². The normalized spacial score (nSPS) is 16.2. The number of anilines is 3. The summed E-state index contributed by atoms with van der Waals surface area (Å²) < 4.78 is 17.8. The topological polar surface area (TPSA) is 117 Å². The van der Waals surface area contributed by atoms with Crippen LogP contribution in [0.5, 0.6) is 5.88 Å². The second-order valence-electron chi connectivity index (χ2n) is 10.2. The quantitative estimate of drug-likeness (QED) is 0.257. The molecular weight excluding hydrogens is 508 g/mol. The van der Waals surface area contributed by atoms with Gasteiger partial charge in [0.05, 0.1) is 30.9 Å². The number of morpholine rings is 1. The average Bonchev–Trinajstić information content (AvgIpc) is 3.76. The minimum Gasteiger partial charge on any atom is -0.478 e. The highest BCUT2D eigenvalue weighted by atomic mass is 16.5. The molecule has 0 spiro atoms. The molecule has 0 unspecified atom stereocenters. The number of pyridine rings is 1. The fourth-order valence-corrected chi connectivity index (χ4v) is 5.36. The van der Waals surface area contributed by atoms with E-state index in [9.17, 15) is 0 Å². The number of likely N-dealkylation sites (tertiary alicyclic amines) is 1. The van der Waals surface area contributed by atoms with E-state index in [0.717, 1.165) is 29.6 Å². The first kappa shape index (κ1) is 24.8. The third-order valence-corrected chi connectivity index (χ3v) is 7.42. The molecule has 2 saturated heterocycles. The number of rotatable bonds is 9. The molecule has 11 heteroatoms. The van der Waals surface area contributed by atoms with Crippen LogP contribution in [-0.2, 0) is 4.74 Å². The van der Waals surface area contributed by atoms with Gasteiger partial charge in [0.2, 0.25) is 17.5 Å². The Balaban J connectivity index is 1.17. The Hall–Kier alpha value is -4.22. The summed E-state index contributed by atoms with van der Waals surface area (Å²) in [4.78, 5) is 19.0. The van der Waals surface area contributed by atoms with Gasteiger partial charge in [-0.15, -0.1) is 0 Å². The van der Waals surface area contributed by atoms with Crippen LogP contribution in [0, 0.1) is 0 Å². The summed E-state index contributed by atoms with van der Waals surface area (Å²) in [5, 5.41) is 11.6. The first-order valence-corrected chi connectivity index (χ1v) is 14.0. The van der Waals surface area contributed by atoms with Crippen LogP contribution in [-0.4, -0.2) is 82.6 Å². The summed E-state index contributed by atoms with van der Waals surface area (Å²) in [6.45, 7) is 6.75. The minimum atomic E-state index is 0.435. The number of ether oxygens (including phenoxy) is 2. The number of nitrogens with zero attached hydrogens (tertiary/aromatic N) is 6. The Morgan fingerprint density at radius 1 is 0.950 bits per heavy atom. The molecule has 0 aliphatic carbocycles. The summed E-state index contributed by atoms with van der Waals surface area (Å²) in [6.07, 6.45) is 3.57. The molecule has 0 atom stereocenters. The van der Waals surface area contributed by atoms with E-state index in [4.69, 9.17) is 23.9 Å². The van der Waals surface area contributed by atoms with E-state index >= 15 is 0 Å². The molecule has 0 bridgehead atoms. The van der Waals surface area contributed by atoms with Crippen LogP contribution in [0.3, 0.4) is 0 Å². The van der Waals surface area contributed by atoms with Crippen LogP contribution in [0.2, 0.25) is 0 Å². The zero-order valence-electron chi connectivity index (χ0n) is 22.3. The predicted molar refractivity (Wildman–Crippen MR) is 153 cm³/mol. The van der Waals surface area contributed by atoms with E-state index in [0.29, 0.717) is 73.2 Å². The highest BCUT2D eigenvalue weighted by molar-refractivity contribution is 6.05. The first-order valence-electron chi connectivity index (χ1n) is 14.0. The lowest BCUT2D eigenvalue weighted by atomic mass is 10.2. The van der Waals surface area contributed by atoms with Gasteiger partial charge >= 0.3 is 0 Å². The Kier molecular flexibility index (Phi) is 6.88. The lowest BCUT2D eigenvalue weighted by Gasteiger charge is -2.27. The molecule has 7 rings (SSSR count). The smallest absolute Gasteiger partial charge is 0.232 e. The van der Waals surface area contributed by atoms with Crippen molar-refractivity contribution in [1.82, 2.24) is 30.0 Å². The number of nitrogens with one attached hydrogen (secondary N) is 2.